The van der Waals surface area contributed by atoms with Gasteiger partial charge in [-0.25, -0.2) is 0 Å². The van der Waals surface area contributed by atoms with Gasteiger partial charge in [0.05, 0.1) is 19.1 Å². The van der Waals surface area contributed by atoms with Crippen LogP contribution in [0.3, 0.4) is 0 Å². The molecule has 0 aliphatic carbocycles. The number of carbonyl (C=O) groups is 2. The van der Waals surface area contributed by atoms with Crippen LogP contribution in [0.15, 0.2) is 29.3 Å². The van der Waals surface area contributed by atoms with Gasteiger partial charge in [0.2, 0.25) is 5.91 Å². The zero-order valence-electron chi connectivity index (χ0n) is 15.3. The number of rotatable bonds is 4. The Bertz CT molecular complexity index is 657. The number of amides is 1. The predicted octanol–water partition coefficient (Wildman–Crippen LogP) is 0.813. The lowest BCUT2D eigenvalue weighted by Gasteiger charge is -2.35. The third-order valence-electron chi connectivity index (χ3n) is 4.17. The zero-order chi connectivity index (χ0) is 18.4. The van der Waals surface area contributed by atoms with Crippen molar-refractivity contribution in [1.29, 1.82) is 0 Å². The molecule has 7 heteroatoms. The SMILES string of the molecule is CCOC(=O)C1CN(C(=NC)NCC(=O)N(C)C)Cc2ccccc21. The first-order valence-corrected chi connectivity index (χ1v) is 8.38. The number of hydrogen-bond acceptors (Lipinski definition) is 4. The Hall–Kier alpha value is -2.57. The lowest BCUT2D eigenvalue weighted by Crippen LogP contribution is -2.49. The van der Waals surface area contributed by atoms with Crippen molar-refractivity contribution in [2.75, 3.05) is 40.8 Å². The van der Waals surface area contributed by atoms with Crippen molar-refractivity contribution in [2.24, 2.45) is 4.99 Å². The van der Waals surface area contributed by atoms with E-state index in [1.807, 2.05) is 29.2 Å². The van der Waals surface area contributed by atoms with Gasteiger partial charge in [-0.3, -0.25) is 14.6 Å². The predicted molar refractivity (Wildman–Crippen MR) is 96.3 cm³/mol. The molecule has 1 amide bonds. The third kappa shape index (κ3) is 4.49. The van der Waals surface area contributed by atoms with Crippen LogP contribution < -0.4 is 5.32 Å². The Labute approximate surface area is 148 Å². The van der Waals surface area contributed by atoms with E-state index in [0.29, 0.717) is 25.7 Å². The Kier molecular flexibility index (Phi) is 6.38. The third-order valence-corrected chi connectivity index (χ3v) is 4.17. The van der Waals surface area contributed by atoms with E-state index in [4.69, 9.17) is 4.74 Å². The minimum absolute atomic E-state index is 0.0412. The average Bonchev–Trinajstić information content (AvgIpc) is 2.61. The maximum atomic E-state index is 12.4. The monoisotopic (exact) mass is 346 g/mol. The molecule has 7 nitrogen and oxygen atoms in total. The van der Waals surface area contributed by atoms with Crippen LogP contribution >= 0.6 is 0 Å². The van der Waals surface area contributed by atoms with Crippen LogP contribution in [0.2, 0.25) is 0 Å². The summed E-state index contributed by atoms with van der Waals surface area (Å²) in [6.07, 6.45) is 0. The van der Waals surface area contributed by atoms with Crippen LogP contribution in [0, 0.1) is 0 Å². The van der Waals surface area contributed by atoms with Gasteiger partial charge in [0.25, 0.3) is 0 Å². The molecular formula is C18H26N4O3. The summed E-state index contributed by atoms with van der Waals surface area (Å²) in [5.41, 5.74) is 2.06. The largest absolute Gasteiger partial charge is 0.465 e. The van der Waals surface area contributed by atoms with Gasteiger partial charge in [0.15, 0.2) is 5.96 Å². The van der Waals surface area contributed by atoms with Crippen molar-refractivity contribution in [2.45, 2.75) is 19.4 Å². The first-order chi connectivity index (χ1) is 12.0. The van der Waals surface area contributed by atoms with Gasteiger partial charge in [-0.15, -0.1) is 0 Å². The lowest BCUT2D eigenvalue weighted by molar-refractivity contribution is -0.145. The summed E-state index contributed by atoms with van der Waals surface area (Å²) < 4.78 is 5.24. The number of nitrogens with one attached hydrogen (secondary N) is 1. The highest BCUT2D eigenvalue weighted by Gasteiger charge is 2.32. The number of benzene rings is 1. The van der Waals surface area contributed by atoms with Crippen LogP contribution in [-0.2, 0) is 20.9 Å². The average molecular weight is 346 g/mol. The molecule has 1 aromatic carbocycles. The van der Waals surface area contributed by atoms with Crippen molar-refractivity contribution in [1.82, 2.24) is 15.1 Å². The standard InChI is InChI=1S/C18H26N4O3/c1-5-25-17(24)15-12-22(11-13-8-6-7-9-14(13)15)18(19-2)20-10-16(23)21(3)4/h6-9,15H,5,10-12H2,1-4H3,(H,19,20). The van der Waals surface area contributed by atoms with Crippen LogP contribution in [-0.4, -0.2) is 68.5 Å². The van der Waals surface area contributed by atoms with Crippen molar-refractivity contribution in [3.8, 4) is 0 Å². The molecule has 0 saturated heterocycles. The summed E-state index contributed by atoms with van der Waals surface area (Å²) in [7, 11) is 5.09. The molecule has 0 fully saturated rings. The highest BCUT2D eigenvalue weighted by Crippen LogP contribution is 2.29. The van der Waals surface area contributed by atoms with E-state index in [-0.39, 0.29) is 24.3 Å². The highest BCUT2D eigenvalue weighted by atomic mass is 16.5. The van der Waals surface area contributed by atoms with E-state index in [2.05, 4.69) is 10.3 Å². The number of carbonyl (C=O) groups excluding carboxylic acids is 2. The second-order valence-electron chi connectivity index (χ2n) is 6.07. The van der Waals surface area contributed by atoms with E-state index in [0.717, 1.165) is 11.1 Å². The summed E-state index contributed by atoms with van der Waals surface area (Å²) in [6, 6.07) is 7.87. The molecule has 1 unspecified atom stereocenters. The number of aliphatic imine (C=N–C) groups is 1. The zero-order valence-corrected chi connectivity index (χ0v) is 15.3. The molecule has 136 valence electrons. The van der Waals surface area contributed by atoms with Crippen LogP contribution in [0.5, 0.6) is 0 Å². The molecule has 1 atom stereocenters. The van der Waals surface area contributed by atoms with E-state index >= 15 is 0 Å². The Morgan fingerprint density at radius 1 is 1.36 bits per heavy atom. The van der Waals surface area contributed by atoms with Crippen LogP contribution in [0.25, 0.3) is 0 Å². The molecule has 1 N–H and O–H groups in total. The second-order valence-corrected chi connectivity index (χ2v) is 6.07. The fourth-order valence-electron chi connectivity index (χ4n) is 2.86. The molecule has 0 radical (unpaired) electrons. The van der Waals surface area contributed by atoms with Gasteiger partial charge in [-0.1, -0.05) is 24.3 Å². The van der Waals surface area contributed by atoms with E-state index < -0.39 is 0 Å². The minimum atomic E-state index is -0.368. The number of guanidine groups is 1. The normalized spacial score (nSPS) is 16.9. The lowest BCUT2D eigenvalue weighted by atomic mass is 9.90. The Balaban J connectivity index is 2.19. The summed E-state index contributed by atoms with van der Waals surface area (Å²) in [5, 5.41) is 3.08. The maximum Gasteiger partial charge on any atom is 0.315 e. The quantitative estimate of drug-likeness (QED) is 0.496. The van der Waals surface area contributed by atoms with Crippen LogP contribution in [0.4, 0.5) is 0 Å². The Morgan fingerprint density at radius 2 is 2.08 bits per heavy atom. The molecule has 2 rings (SSSR count). The number of hydrogen-bond donors (Lipinski definition) is 1. The number of nitrogens with zero attached hydrogens (tertiary/aromatic N) is 3. The first kappa shape index (κ1) is 18.8. The van der Waals surface area contributed by atoms with Gasteiger partial charge in [-0.2, -0.15) is 0 Å². The van der Waals surface area contributed by atoms with Crippen molar-refractivity contribution in [3.63, 3.8) is 0 Å². The Morgan fingerprint density at radius 3 is 2.72 bits per heavy atom. The highest BCUT2D eigenvalue weighted by molar-refractivity contribution is 5.87. The molecule has 1 aromatic rings. The van der Waals surface area contributed by atoms with Gasteiger partial charge >= 0.3 is 5.97 Å². The molecule has 0 bridgehead atoms. The number of likely N-dealkylation sites (N-methyl/N-ethyl adjacent to an activating group) is 1. The van der Waals surface area contributed by atoms with E-state index in [9.17, 15) is 9.59 Å². The topological polar surface area (TPSA) is 74.2 Å². The molecule has 0 saturated carbocycles. The first-order valence-electron chi connectivity index (χ1n) is 8.38. The summed E-state index contributed by atoms with van der Waals surface area (Å²) >= 11 is 0. The smallest absolute Gasteiger partial charge is 0.315 e. The fraction of sp³-hybridized carbons (Fsp3) is 0.500. The molecule has 25 heavy (non-hydrogen) atoms. The van der Waals surface area contributed by atoms with Crippen molar-refractivity contribution in [3.05, 3.63) is 35.4 Å². The molecule has 0 aromatic heterocycles. The molecule has 0 spiro atoms. The number of esters is 1. The minimum Gasteiger partial charge on any atom is -0.465 e. The molecule has 1 aliphatic heterocycles. The molecule has 1 aliphatic rings. The summed E-state index contributed by atoms with van der Waals surface area (Å²) in [6.45, 7) is 3.40. The van der Waals surface area contributed by atoms with Gasteiger partial charge in [-0.05, 0) is 18.1 Å². The second kappa shape index (κ2) is 8.50. The van der Waals surface area contributed by atoms with Gasteiger partial charge in [0, 0.05) is 34.2 Å². The van der Waals surface area contributed by atoms with Crippen LogP contribution in [0.1, 0.15) is 24.0 Å². The van der Waals surface area contributed by atoms with Crippen molar-refractivity contribution >= 4 is 17.8 Å². The van der Waals surface area contributed by atoms with Gasteiger partial charge in [0.1, 0.15) is 0 Å². The molecule has 1 heterocycles. The number of fused-ring (bicyclic) bond motifs is 1. The van der Waals surface area contributed by atoms with E-state index in [1.54, 1.807) is 28.1 Å². The summed E-state index contributed by atoms with van der Waals surface area (Å²) in [5.74, 6) is -0.0491. The molecular weight excluding hydrogens is 320 g/mol. The van der Waals surface area contributed by atoms with E-state index in [1.165, 1.54) is 4.90 Å². The van der Waals surface area contributed by atoms with Crippen molar-refractivity contribution < 1.29 is 14.3 Å². The fourth-order valence-corrected chi connectivity index (χ4v) is 2.86. The summed E-state index contributed by atoms with van der Waals surface area (Å²) in [4.78, 5) is 32.0. The van der Waals surface area contributed by atoms with Gasteiger partial charge < -0.3 is 19.9 Å². The number of ether oxygens (including phenoxy) is 1. The maximum absolute atomic E-state index is 12.4.